The van der Waals surface area contributed by atoms with Gasteiger partial charge in [0.25, 0.3) is 0 Å². The second-order valence-corrected chi connectivity index (χ2v) is 14.5. The van der Waals surface area contributed by atoms with E-state index >= 15 is 0 Å². The maximum atomic E-state index is 12.9. The van der Waals surface area contributed by atoms with Crippen LogP contribution in [0.25, 0.3) is 17.0 Å². The number of nitrogens with one attached hydrogen (secondary N) is 2. The molecule has 0 aliphatic carbocycles. The normalized spacial score (nSPS) is 17.1. The van der Waals surface area contributed by atoms with Gasteiger partial charge in [-0.2, -0.15) is 0 Å². The monoisotopic (exact) mass is 769 g/mol. The molecule has 2 N–H and O–H groups in total. The number of hydrogen-bond donors (Lipinski definition) is 2. The molecular weight excluding hydrogens is 709 g/mol. The number of hydrogen-bond acceptors (Lipinski definition) is 9. The van der Waals surface area contributed by atoms with Gasteiger partial charge in [-0.05, 0) is 68.4 Å². The minimum absolute atomic E-state index is 0.116. The van der Waals surface area contributed by atoms with E-state index in [2.05, 4.69) is 53.0 Å². The van der Waals surface area contributed by atoms with Gasteiger partial charge in [-0.25, -0.2) is 4.57 Å². The van der Waals surface area contributed by atoms with Crippen molar-refractivity contribution in [3.8, 4) is 5.75 Å². The Labute approximate surface area is 332 Å². The summed E-state index contributed by atoms with van der Waals surface area (Å²) in [4.78, 5) is 26.9. The Morgan fingerprint density at radius 1 is 0.893 bits per heavy atom. The third-order valence-corrected chi connectivity index (χ3v) is 10.1. The van der Waals surface area contributed by atoms with E-state index in [0.29, 0.717) is 102 Å². The van der Waals surface area contributed by atoms with E-state index in [-0.39, 0.29) is 12.5 Å². The molecule has 3 heterocycles. The molecule has 3 aromatic rings. The molecule has 56 heavy (non-hydrogen) atoms. The first kappa shape index (κ1) is 42.6. The number of rotatable bonds is 26. The highest BCUT2D eigenvalue weighted by atomic mass is 16.6. The number of para-hydroxylation sites is 3. The number of aryl methyl sites for hydroxylation is 1. The summed E-state index contributed by atoms with van der Waals surface area (Å²) in [7, 11) is 2.04. The second kappa shape index (κ2) is 23.5. The molecule has 1 amide bonds. The summed E-state index contributed by atoms with van der Waals surface area (Å²) in [5.74, 6) is 2.19. The summed E-state index contributed by atoms with van der Waals surface area (Å²) >= 11 is 0. The third kappa shape index (κ3) is 13.9. The van der Waals surface area contributed by atoms with Crippen LogP contribution in [0.2, 0.25) is 0 Å². The largest absolute Gasteiger partial charge is 0.439 e. The predicted molar refractivity (Wildman–Crippen MR) is 220 cm³/mol. The first-order valence-electron chi connectivity index (χ1n) is 20.2. The molecule has 0 saturated carbocycles. The highest BCUT2D eigenvalue weighted by Gasteiger charge is 2.27. The number of benzene rings is 2. The van der Waals surface area contributed by atoms with Crippen LogP contribution in [0.15, 0.2) is 91.1 Å². The number of aromatic nitrogens is 1. The van der Waals surface area contributed by atoms with E-state index in [0.717, 1.165) is 53.5 Å². The zero-order valence-corrected chi connectivity index (χ0v) is 33.3. The van der Waals surface area contributed by atoms with Gasteiger partial charge in [0.15, 0.2) is 11.9 Å². The Morgan fingerprint density at radius 2 is 1.59 bits per heavy atom. The lowest BCUT2D eigenvalue weighted by Crippen LogP contribution is -2.37. The fourth-order valence-electron chi connectivity index (χ4n) is 7.08. The Balaban J connectivity index is 0.842. The van der Waals surface area contributed by atoms with Crippen LogP contribution in [0.1, 0.15) is 63.9 Å². The van der Waals surface area contributed by atoms with Crippen molar-refractivity contribution in [3.63, 3.8) is 0 Å². The maximum Gasteiger partial charge on any atom is 0.240 e. The Hall–Kier alpha value is -4.55. The van der Waals surface area contributed by atoms with Gasteiger partial charge < -0.3 is 34.3 Å². The molecule has 5 rings (SSSR count). The van der Waals surface area contributed by atoms with E-state index in [4.69, 9.17) is 23.7 Å². The first-order valence-corrected chi connectivity index (χ1v) is 20.2. The highest BCUT2D eigenvalue weighted by molar-refractivity contribution is 5.86. The number of ether oxygens (including phenoxy) is 5. The predicted octanol–water partition coefficient (Wildman–Crippen LogP) is 6.41. The van der Waals surface area contributed by atoms with Gasteiger partial charge in [0.1, 0.15) is 19.4 Å². The van der Waals surface area contributed by atoms with Crippen LogP contribution in [0.4, 0.5) is 5.69 Å². The topological polar surface area (TPSA) is 111 Å². The first-order chi connectivity index (χ1) is 27.4. The fraction of sp³-hybridized carbons (Fsp3) is 0.489. The van der Waals surface area contributed by atoms with Gasteiger partial charge in [0.2, 0.25) is 17.3 Å². The quantitative estimate of drug-likeness (QED) is 0.0707. The number of pyridine rings is 1. The van der Waals surface area contributed by atoms with Gasteiger partial charge in [0.05, 0.1) is 57.3 Å². The molecule has 1 aromatic heterocycles. The summed E-state index contributed by atoms with van der Waals surface area (Å²) in [6, 6.07) is 18.6. The zero-order valence-electron chi connectivity index (χ0n) is 33.3. The number of ketones is 1. The molecule has 2 aromatic carbocycles. The summed E-state index contributed by atoms with van der Waals surface area (Å²) in [5, 5.41) is 7.51. The number of unbranched alkanes of at least 4 members (excludes halogenated alkanes) is 2. The Morgan fingerprint density at radius 3 is 2.36 bits per heavy atom. The molecule has 302 valence electrons. The van der Waals surface area contributed by atoms with Gasteiger partial charge in [-0.3, -0.25) is 14.5 Å². The van der Waals surface area contributed by atoms with Crippen LogP contribution in [0.3, 0.4) is 0 Å². The fourth-order valence-corrected chi connectivity index (χ4v) is 7.08. The van der Waals surface area contributed by atoms with Crippen LogP contribution in [-0.4, -0.2) is 83.7 Å². The lowest BCUT2D eigenvalue weighted by atomic mass is 9.94. The van der Waals surface area contributed by atoms with Crippen LogP contribution in [0, 0.1) is 5.92 Å². The summed E-state index contributed by atoms with van der Waals surface area (Å²) in [5.41, 5.74) is 4.25. The highest BCUT2D eigenvalue weighted by Crippen LogP contribution is 2.38. The van der Waals surface area contributed by atoms with Crippen molar-refractivity contribution in [1.82, 2.24) is 10.6 Å². The Bertz CT molecular complexity index is 1780. The minimum Gasteiger partial charge on any atom is -0.439 e. The van der Waals surface area contributed by atoms with E-state index in [1.165, 1.54) is 12.8 Å². The van der Waals surface area contributed by atoms with Crippen molar-refractivity contribution in [2.75, 3.05) is 70.8 Å². The Kier molecular flexibility index (Phi) is 17.9. The number of carbonyl (C=O) groups is 2. The standard InChI is InChI=1S/C45H60N4O7/c1-35-33-38(36(2)47-35)13-5-4-6-15-39(50)16-12-25-52-27-29-54-31-32-55-30-28-53-26-23-46-44(51)34-49-42-19-9-10-20-43(42)56-45(49)21-11-14-37-22-24-48(3)41-18-8-7-17-40(37)41/h7-11,14,17-22,24,36,38,47H,1,4-6,12-13,15-16,23,25-34H2,2-3H3/p+1. The number of anilines is 1. The SMILES string of the molecule is C=C1CC(CCCCCC(=O)CCCOCCOCCOCCOCCNC(=O)CN2C(=CC=Cc3cc[n+](C)c4ccccc34)Oc3ccccc32)C(C)N1. The van der Waals surface area contributed by atoms with Crippen molar-refractivity contribution in [1.29, 1.82) is 0 Å². The van der Waals surface area contributed by atoms with Crippen LogP contribution in [-0.2, 0) is 35.6 Å². The molecule has 2 unspecified atom stereocenters. The molecule has 2 atom stereocenters. The van der Waals surface area contributed by atoms with E-state index < -0.39 is 0 Å². The van der Waals surface area contributed by atoms with E-state index in [1.807, 2.05) is 66.7 Å². The second-order valence-electron chi connectivity index (χ2n) is 14.5. The molecule has 11 nitrogen and oxygen atoms in total. The number of carbonyl (C=O) groups excluding carboxylic acids is 2. The van der Waals surface area contributed by atoms with Gasteiger partial charge in [-0.1, -0.05) is 55.8 Å². The van der Waals surface area contributed by atoms with Gasteiger partial charge >= 0.3 is 0 Å². The van der Waals surface area contributed by atoms with Crippen molar-refractivity contribution in [2.24, 2.45) is 13.0 Å². The van der Waals surface area contributed by atoms with Crippen LogP contribution in [0.5, 0.6) is 5.75 Å². The van der Waals surface area contributed by atoms with Gasteiger partial charge in [0, 0.05) is 49.9 Å². The minimum atomic E-state index is -0.132. The zero-order chi connectivity index (χ0) is 39.4. The lowest BCUT2D eigenvalue weighted by molar-refractivity contribution is -0.644. The average Bonchev–Trinajstić information content (AvgIpc) is 3.71. The molecule has 0 spiro atoms. The molecule has 2 aliphatic heterocycles. The average molecular weight is 770 g/mol. The number of nitrogens with zero attached hydrogens (tertiary/aromatic N) is 2. The summed E-state index contributed by atoms with van der Waals surface area (Å²) in [6.07, 6.45) is 15.5. The van der Waals surface area contributed by atoms with Crippen molar-refractivity contribution in [2.45, 2.75) is 64.3 Å². The van der Waals surface area contributed by atoms with Crippen LogP contribution < -0.4 is 24.8 Å². The molecule has 1 fully saturated rings. The van der Waals surface area contributed by atoms with E-state index in [9.17, 15) is 9.59 Å². The third-order valence-electron chi connectivity index (χ3n) is 10.1. The number of Topliss-reactive ketones (excluding diaryl/α,β-unsaturated/α-hetero) is 1. The molecule has 0 radical (unpaired) electrons. The number of fused-ring (bicyclic) bond motifs is 2. The lowest BCUT2D eigenvalue weighted by Gasteiger charge is -2.17. The van der Waals surface area contributed by atoms with E-state index in [1.54, 1.807) is 0 Å². The molecule has 1 saturated heterocycles. The summed E-state index contributed by atoms with van der Waals surface area (Å²) < 4.78 is 30.6. The smallest absolute Gasteiger partial charge is 0.240 e. The summed E-state index contributed by atoms with van der Waals surface area (Å²) in [6.45, 7) is 10.5. The number of allylic oxidation sites excluding steroid dienone is 3. The van der Waals surface area contributed by atoms with Crippen molar-refractivity contribution >= 4 is 34.4 Å². The molecular formula is C45H61N4O7+. The number of amides is 1. The van der Waals surface area contributed by atoms with Crippen LogP contribution >= 0.6 is 0 Å². The van der Waals surface area contributed by atoms with Crippen molar-refractivity contribution < 1.29 is 37.8 Å². The maximum absolute atomic E-state index is 12.9. The molecule has 0 bridgehead atoms. The molecule has 11 heteroatoms. The van der Waals surface area contributed by atoms with Crippen molar-refractivity contribution in [3.05, 3.63) is 96.7 Å². The van der Waals surface area contributed by atoms with Gasteiger partial charge in [-0.15, -0.1) is 0 Å². The molecule has 2 aliphatic rings.